The van der Waals surface area contributed by atoms with Crippen LogP contribution in [0.1, 0.15) is 31.2 Å². The highest BCUT2D eigenvalue weighted by atomic mass is 15.5. The molecule has 0 saturated heterocycles. The predicted octanol–water partition coefficient (Wildman–Crippen LogP) is 7.49. The molecule has 7 nitrogen and oxygen atoms in total. The van der Waals surface area contributed by atoms with Crippen LogP contribution >= 0.6 is 0 Å². The number of unbranched alkanes of at least 4 members (excludes halogenated alkanes) is 1. The van der Waals surface area contributed by atoms with Gasteiger partial charge in [0.1, 0.15) is 5.82 Å². The monoisotopic (exact) mass is 535 g/mol. The van der Waals surface area contributed by atoms with Crippen LogP contribution in [0.2, 0.25) is 0 Å². The van der Waals surface area contributed by atoms with Gasteiger partial charge in [-0.3, -0.25) is 0 Å². The third kappa shape index (κ3) is 4.87. The van der Waals surface area contributed by atoms with Gasteiger partial charge in [0.15, 0.2) is 5.82 Å². The van der Waals surface area contributed by atoms with Crippen LogP contribution in [0.4, 0.5) is 0 Å². The first kappa shape index (κ1) is 24.8. The summed E-state index contributed by atoms with van der Waals surface area (Å²) in [6, 6.07) is 35.9. The van der Waals surface area contributed by atoms with E-state index >= 15 is 0 Å². The Labute approximate surface area is 237 Å². The second-order valence-electron chi connectivity index (χ2n) is 10.3. The molecule has 0 aliphatic rings. The van der Waals surface area contributed by atoms with E-state index in [9.17, 15) is 0 Å². The van der Waals surface area contributed by atoms with Crippen molar-refractivity contribution in [2.24, 2.45) is 0 Å². The largest absolute Gasteiger partial charge is 0.323 e. The number of hydrogen-bond donors (Lipinski definition) is 1. The molecule has 4 aromatic carbocycles. The van der Waals surface area contributed by atoms with E-state index in [1.165, 1.54) is 5.56 Å². The molecule has 0 fully saturated rings. The first-order chi connectivity index (χ1) is 20.3. The van der Waals surface area contributed by atoms with Crippen LogP contribution in [0.25, 0.3) is 55.7 Å². The molecule has 7 aromatic rings. The fourth-order valence-corrected chi connectivity index (χ4v) is 5.45. The third-order valence-electron chi connectivity index (χ3n) is 7.61. The molecule has 7 heteroatoms. The lowest BCUT2D eigenvalue weighted by Crippen LogP contribution is -2.05. The lowest BCUT2D eigenvalue weighted by Gasteiger charge is -2.12. The van der Waals surface area contributed by atoms with Gasteiger partial charge in [0.05, 0.1) is 22.2 Å². The highest BCUT2D eigenvalue weighted by Gasteiger charge is 2.14. The summed E-state index contributed by atoms with van der Waals surface area (Å²) in [6.45, 7) is 2.97. The Bertz CT molecular complexity index is 1950. The summed E-state index contributed by atoms with van der Waals surface area (Å²) in [4.78, 5) is 10.00. The average molecular weight is 536 g/mol. The smallest absolute Gasteiger partial charge is 0.180 e. The summed E-state index contributed by atoms with van der Waals surface area (Å²) < 4.78 is 2.37. The Morgan fingerprint density at radius 2 is 1.54 bits per heavy atom. The maximum Gasteiger partial charge on any atom is 0.180 e. The number of aryl methyl sites for hydroxylation is 1. The number of benzene rings is 4. The van der Waals surface area contributed by atoms with Crippen LogP contribution in [-0.2, 0) is 13.0 Å². The number of aromatic nitrogens is 7. The SMILES string of the molecule is CCCCc1nc2ccc(-c3ccc4ccccc4n3)cc2n1Cc1ccc(-c2ccccc2-c2nnn[nH]2)cc1. The number of tetrazole rings is 1. The number of fused-ring (bicyclic) bond motifs is 2. The van der Waals surface area contributed by atoms with Crippen LogP contribution in [-0.4, -0.2) is 35.2 Å². The lowest BCUT2D eigenvalue weighted by atomic mass is 9.98. The first-order valence-electron chi connectivity index (χ1n) is 14.0. The van der Waals surface area contributed by atoms with E-state index in [0.29, 0.717) is 5.82 Å². The van der Waals surface area contributed by atoms with Gasteiger partial charge in [-0.15, -0.1) is 5.10 Å². The Kier molecular flexibility index (Phi) is 6.53. The number of hydrogen-bond acceptors (Lipinski definition) is 5. The van der Waals surface area contributed by atoms with Gasteiger partial charge in [-0.25, -0.2) is 15.1 Å². The second kappa shape index (κ2) is 10.8. The summed E-state index contributed by atoms with van der Waals surface area (Å²) in [5.41, 5.74) is 9.63. The zero-order chi connectivity index (χ0) is 27.6. The third-order valence-corrected chi connectivity index (χ3v) is 7.61. The van der Waals surface area contributed by atoms with Crippen molar-refractivity contribution in [3.8, 4) is 33.8 Å². The van der Waals surface area contributed by atoms with E-state index in [-0.39, 0.29) is 0 Å². The molecular formula is C34H29N7. The van der Waals surface area contributed by atoms with Crippen LogP contribution < -0.4 is 0 Å². The molecule has 1 N–H and O–H groups in total. The van der Waals surface area contributed by atoms with Gasteiger partial charge >= 0.3 is 0 Å². The van der Waals surface area contributed by atoms with Gasteiger partial charge in [-0.2, -0.15) is 0 Å². The van der Waals surface area contributed by atoms with Gasteiger partial charge in [0.25, 0.3) is 0 Å². The van der Waals surface area contributed by atoms with Gasteiger partial charge in [0, 0.05) is 29.5 Å². The van der Waals surface area contributed by atoms with Crippen molar-refractivity contribution in [2.75, 3.05) is 0 Å². The minimum absolute atomic E-state index is 0.659. The molecule has 0 spiro atoms. The van der Waals surface area contributed by atoms with E-state index in [2.05, 4.69) is 105 Å². The molecule has 0 unspecified atom stereocenters. The lowest BCUT2D eigenvalue weighted by molar-refractivity contribution is 0.690. The van der Waals surface area contributed by atoms with Crippen LogP contribution in [0.3, 0.4) is 0 Å². The van der Waals surface area contributed by atoms with Gasteiger partial charge in [-0.1, -0.05) is 92.2 Å². The van der Waals surface area contributed by atoms with E-state index in [1.54, 1.807) is 0 Å². The van der Waals surface area contributed by atoms with E-state index < -0.39 is 0 Å². The molecule has 0 atom stereocenters. The van der Waals surface area contributed by atoms with Gasteiger partial charge in [0.2, 0.25) is 0 Å². The molecule has 0 aliphatic carbocycles. The first-order valence-corrected chi connectivity index (χ1v) is 14.0. The normalized spacial score (nSPS) is 11.4. The van der Waals surface area contributed by atoms with Crippen molar-refractivity contribution in [1.29, 1.82) is 0 Å². The topological polar surface area (TPSA) is 85.2 Å². The van der Waals surface area contributed by atoms with Crippen molar-refractivity contribution < 1.29 is 0 Å². The van der Waals surface area contributed by atoms with E-state index in [1.807, 2.05) is 30.3 Å². The van der Waals surface area contributed by atoms with Crippen molar-refractivity contribution in [2.45, 2.75) is 32.7 Å². The molecule has 0 radical (unpaired) electrons. The number of nitrogens with one attached hydrogen (secondary N) is 1. The molecule has 3 heterocycles. The Morgan fingerprint density at radius 3 is 2.37 bits per heavy atom. The fourth-order valence-electron chi connectivity index (χ4n) is 5.45. The number of aromatic amines is 1. The minimum Gasteiger partial charge on any atom is -0.323 e. The number of para-hydroxylation sites is 1. The molecule has 0 saturated carbocycles. The Balaban J connectivity index is 1.25. The Hall–Kier alpha value is -5.17. The zero-order valence-corrected chi connectivity index (χ0v) is 22.8. The number of H-pyrrole nitrogens is 1. The van der Waals surface area contributed by atoms with Gasteiger partial charge < -0.3 is 4.57 Å². The molecule has 0 aliphatic heterocycles. The molecule has 200 valence electrons. The summed E-state index contributed by atoms with van der Waals surface area (Å²) in [7, 11) is 0. The standard InChI is InChI=1S/C34H29N7/c1-2-3-12-33-36-31-20-18-26(30-19-17-25-8-4-7-11-29(25)35-30)21-32(31)41(33)22-23-13-15-24(16-14-23)27-9-5-6-10-28(27)34-37-39-40-38-34/h4-11,13-21H,2-3,12,22H2,1H3,(H,37,38,39,40). The van der Waals surface area contributed by atoms with Crippen LogP contribution in [0.15, 0.2) is 103 Å². The highest BCUT2D eigenvalue weighted by molar-refractivity contribution is 5.85. The minimum atomic E-state index is 0.659. The summed E-state index contributed by atoms with van der Waals surface area (Å²) in [6.07, 6.45) is 3.18. The number of rotatable bonds is 8. The van der Waals surface area contributed by atoms with Crippen molar-refractivity contribution in [3.05, 3.63) is 115 Å². The second-order valence-corrected chi connectivity index (χ2v) is 10.3. The van der Waals surface area contributed by atoms with Crippen LogP contribution in [0.5, 0.6) is 0 Å². The zero-order valence-electron chi connectivity index (χ0n) is 22.8. The highest BCUT2D eigenvalue weighted by Crippen LogP contribution is 2.31. The molecule has 0 amide bonds. The van der Waals surface area contributed by atoms with Crippen molar-refractivity contribution >= 4 is 21.9 Å². The molecule has 7 rings (SSSR count). The van der Waals surface area contributed by atoms with E-state index in [0.717, 1.165) is 81.5 Å². The summed E-state index contributed by atoms with van der Waals surface area (Å²) >= 11 is 0. The Morgan fingerprint density at radius 1 is 0.732 bits per heavy atom. The quantitative estimate of drug-likeness (QED) is 0.218. The van der Waals surface area contributed by atoms with Crippen molar-refractivity contribution in [1.82, 2.24) is 35.2 Å². The maximum absolute atomic E-state index is 5.06. The van der Waals surface area contributed by atoms with Crippen LogP contribution in [0, 0.1) is 0 Å². The summed E-state index contributed by atoms with van der Waals surface area (Å²) in [5.74, 6) is 1.78. The maximum atomic E-state index is 5.06. The fraction of sp³-hybridized carbons (Fsp3) is 0.147. The van der Waals surface area contributed by atoms with Gasteiger partial charge in [-0.05, 0) is 57.8 Å². The number of pyridine rings is 1. The summed E-state index contributed by atoms with van der Waals surface area (Å²) in [5, 5.41) is 15.6. The molecule has 3 aromatic heterocycles. The van der Waals surface area contributed by atoms with Crippen molar-refractivity contribution in [3.63, 3.8) is 0 Å². The molecular weight excluding hydrogens is 506 g/mol. The molecule has 0 bridgehead atoms. The number of imidazole rings is 1. The number of nitrogens with zero attached hydrogens (tertiary/aromatic N) is 6. The predicted molar refractivity (Wildman–Crippen MR) is 163 cm³/mol. The average Bonchev–Trinajstić information content (AvgIpc) is 3.69. The molecule has 41 heavy (non-hydrogen) atoms. The van der Waals surface area contributed by atoms with E-state index in [4.69, 9.17) is 9.97 Å².